The number of ether oxygens (including phenoxy) is 1. The van der Waals surface area contributed by atoms with E-state index in [-0.39, 0.29) is 18.4 Å². The van der Waals surface area contributed by atoms with Crippen LogP contribution in [0.5, 0.6) is 5.75 Å². The molecule has 0 aliphatic heterocycles. The van der Waals surface area contributed by atoms with Gasteiger partial charge in [-0.05, 0) is 49.7 Å². The highest BCUT2D eigenvalue weighted by atomic mass is 16.5. The third-order valence-corrected chi connectivity index (χ3v) is 4.00. The van der Waals surface area contributed by atoms with Crippen LogP contribution in [0.2, 0.25) is 0 Å². The average molecular weight is 366 g/mol. The van der Waals surface area contributed by atoms with Crippen LogP contribution in [-0.4, -0.2) is 27.1 Å². The molecule has 27 heavy (non-hydrogen) atoms. The van der Waals surface area contributed by atoms with Crippen LogP contribution in [0.1, 0.15) is 32.6 Å². The van der Waals surface area contributed by atoms with Crippen molar-refractivity contribution in [2.75, 3.05) is 5.32 Å². The Morgan fingerprint density at radius 2 is 2.07 bits per heavy atom. The van der Waals surface area contributed by atoms with Crippen LogP contribution in [0.15, 0.2) is 53.3 Å². The molecule has 0 aliphatic carbocycles. The number of hydrogen-bond donors (Lipinski definition) is 1. The molecule has 0 saturated carbocycles. The Morgan fingerprint density at radius 3 is 2.78 bits per heavy atom. The highest BCUT2D eigenvalue weighted by Gasteiger charge is 2.11. The number of aromatic nitrogens is 3. The highest BCUT2D eigenvalue weighted by Crippen LogP contribution is 2.18. The van der Waals surface area contributed by atoms with Gasteiger partial charge in [0.15, 0.2) is 0 Å². The summed E-state index contributed by atoms with van der Waals surface area (Å²) in [6, 6.07) is 11.0. The van der Waals surface area contributed by atoms with Gasteiger partial charge >= 0.3 is 0 Å². The minimum absolute atomic E-state index is 0.119. The molecule has 2 heterocycles. The first kappa shape index (κ1) is 18.6. The molecule has 7 nitrogen and oxygen atoms in total. The molecular weight excluding hydrogens is 344 g/mol. The summed E-state index contributed by atoms with van der Waals surface area (Å²) in [6.45, 7) is 4.09. The molecule has 3 rings (SSSR count). The van der Waals surface area contributed by atoms with Gasteiger partial charge in [-0.15, -0.1) is 0 Å². The van der Waals surface area contributed by atoms with Crippen molar-refractivity contribution in [3.63, 3.8) is 0 Å². The first-order chi connectivity index (χ1) is 13.1. The van der Waals surface area contributed by atoms with Crippen LogP contribution in [0.25, 0.3) is 11.4 Å². The van der Waals surface area contributed by atoms with E-state index in [1.165, 1.54) is 0 Å². The van der Waals surface area contributed by atoms with Crippen molar-refractivity contribution in [3.8, 4) is 17.1 Å². The SMILES string of the molecule is CCC(C)Oc1ccc(NC(=O)CCc2nc(-c3cccnc3)no2)cc1. The number of rotatable bonds is 8. The lowest BCUT2D eigenvalue weighted by Gasteiger charge is -2.13. The van der Waals surface area contributed by atoms with Crippen molar-refractivity contribution in [2.45, 2.75) is 39.2 Å². The van der Waals surface area contributed by atoms with Gasteiger partial charge in [0.05, 0.1) is 6.10 Å². The number of benzene rings is 1. The lowest BCUT2D eigenvalue weighted by atomic mass is 10.2. The summed E-state index contributed by atoms with van der Waals surface area (Å²) in [4.78, 5) is 20.4. The molecule has 0 spiro atoms. The lowest BCUT2D eigenvalue weighted by molar-refractivity contribution is -0.116. The van der Waals surface area contributed by atoms with Crippen LogP contribution in [0, 0.1) is 0 Å². The Morgan fingerprint density at radius 1 is 1.26 bits per heavy atom. The van der Waals surface area contributed by atoms with E-state index in [1.807, 2.05) is 37.3 Å². The van der Waals surface area contributed by atoms with Gasteiger partial charge in [-0.2, -0.15) is 4.98 Å². The normalized spacial score (nSPS) is 11.8. The second-order valence-electron chi connectivity index (χ2n) is 6.16. The summed E-state index contributed by atoms with van der Waals surface area (Å²) in [5.74, 6) is 1.56. The maximum Gasteiger partial charge on any atom is 0.227 e. The molecule has 1 unspecified atom stereocenters. The van der Waals surface area contributed by atoms with E-state index in [2.05, 4.69) is 27.4 Å². The minimum Gasteiger partial charge on any atom is -0.491 e. The van der Waals surface area contributed by atoms with Crippen molar-refractivity contribution in [3.05, 3.63) is 54.7 Å². The standard InChI is InChI=1S/C20H22N4O3/c1-3-14(2)26-17-8-6-16(7-9-17)22-18(25)10-11-19-23-20(24-27-19)15-5-4-12-21-13-15/h4-9,12-14H,3,10-11H2,1-2H3,(H,22,25). The van der Waals surface area contributed by atoms with Gasteiger partial charge in [0.1, 0.15) is 5.75 Å². The number of aryl methyl sites for hydroxylation is 1. The molecule has 1 amide bonds. The van der Waals surface area contributed by atoms with Crippen LogP contribution in [0.3, 0.4) is 0 Å². The number of amides is 1. The van der Waals surface area contributed by atoms with E-state index < -0.39 is 0 Å². The molecule has 1 atom stereocenters. The molecule has 1 N–H and O–H groups in total. The maximum absolute atomic E-state index is 12.1. The Labute approximate surface area is 157 Å². The fraction of sp³-hybridized carbons (Fsp3) is 0.300. The van der Waals surface area contributed by atoms with Gasteiger partial charge in [0, 0.05) is 36.5 Å². The number of nitrogens with one attached hydrogen (secondary N) is 1. The zero-order valence-electron chi connectivity index (χ0n) is 15.4. The van der Waals surface area contributed by atoms with Gasteiger partial charge < -0.3 is 14.6 Å². The Bertz CT molecular complexity index is 862. The first-order valence-corrected chi connectivity index (χ1v) is 8.93. The monoisotopic (exact) mass is 366 g/mol. The van der Waals surface area contributed by atoms with E-state index in [0.717, 1.165) is 23.4 Å². The van der Waals surface area contributed by atoms with E-state index >= 15 is 0 Å². The van der Waals surface area contributed by atoms with E-state index in [9.17, 15) is 4.79 Å². The smallest absolute Gasteiger partial charge is 0.227 e. The zero-order chi connectivity index (χ0) is 19.1. The van der Waals surface area contributed by atoms with Crippen molar-refractivity contribution >= 4 is 11.6 Å². The minimum atomic E-state index is -0.119. The lowest BCUT2D eigenvalue weighted by Crippen LogP contribution is -2.13. The van der Waals surface area contributed by atoms with E-state index in [1.54, 1.807) is 18.5 Å². The Kier molecular flexibility index (Phi) is 6.14. The molecule has 0 fully saturated rings. The third-order valence-electron chi connectivity index (χ3n) is 4.00. The molecule has 2 aromatic heterocycles. The summed E-state index contributed by atoms with van der Waals surface area (Å²) in [7, 11) is 0. The average Bonchev–Trinajstić information content (AvgIpc) is 3.17. The van der Waals surface area contributed by atoms with E-state index in [0.29, 0.717) is 18.1 Å². The second-order valence-corrected chi connectivity index (χ2v) is 6.16. The van der Waals surface area contributed by atoms with Crippen molar-refractivity contribution in [1.29, 1.82) is 0 Å². The summed E-state index contributed by atoms with van der Waals surface area (Å²) in [5, 5.41) is 6.77. The second kappa shape index (κ2) is 8.93. The molecular formula is C20H22N4O3. The summed E-state index contributed by atoms with van der Waals surface area (Å²) in [6.07, 6.45) is 5.06. The number of nitrogens with zero attached hydrogens (tertiary/aromatic N) is 3. The summed E-state index contributed by atoms with van der Waals surface area (Å²) in [5.41, 5.74) is 1.50. The van der Waals surface area contributed by atoms with Gasteiger partial charge in [-0.25, -0.2) is 0 Å². The fourth-order valence-electron chi connectivity index (χ4n) is 2.35. The molecule has 0 bridgehead atoms. The largest absolute Gasteiger partial charge is 0.491 e. The first-order valence-electron chi connectivity index (χ1n) is 8.93. The van der Waals surface area contributed by atoms with Gasteiger partial charge in [-0.3, -0.25) is 9.78 Å². The number of anilines is 1. The number of hydrogen-bond acceptors (Lipinski definition) is 6. The highest BCUT2D eigenvalue weighted by molar-refractivity contribution is 5.90. The summed E-state index contributed by atoms with van der Waals surface area (Å²) >= 11 is 0. The summed E-state index contributed by atoms with van der Waals surface area (Å²) < 4.78 is 10.9. The van der Waals surface area contributed by atoms with Crippen LogP contribution in [-0.2, 0) is 11.2 Å². The molecule has 0 radical (unpaired) electrons. The quantitative estimate of drug-likeness (QED) is 0.651. The fourth-order valence-corrected chi connectivity index (χ4v) is 2.35. The van der Waals surface area contributed by atoms with Gasteiger partial charge in [0.25, 0.3) is 0 Å². The number of carbonyl (C=O) groups excluding carboxylic acids is 1. The third kappa shape index (κ3) is 5.37. The van der Waals surface area contributed by atoms with Gasteiger partial charge in [-0.1, -0.05) is 12.1 Å². The molecule has 0 aliphatic rings. The Hall–Kier alpha value is -3.22. The zero-order valence-corrected chi connectivity index (χ0v) is 15.4. The van der Waals surface area contributed by atoms with E-state index in [4.69, 9.17) is 9.26 Å². The Balaban J connectivity index is 1.49. The molecule has 140 valence electrons. The van der Waals surface area contributed by atoms with Crippen molar-refractivity contribution in [2.24, 2.45) is 0 Å². The van der Waals surface area contributed by atoms with Crippen LogP contribution in [0.4, 0.5) is 5.69 Å². The predicted octanol–water partition coefficient (Wildman–Crippen LogP) is 3.88. The van der Waals surface area contributed by atoms with Gasteiger partial charge in [0.2, 0.25) is 17.6 Å². The number of pyridine rings is 1. The molecule has 1 aromatic carbocycles. The van der Waals surface area contributed by atoms with Crippen molar-refractivity contribution < 1.29 is 14.1 Å². The predicted molar refractivity (Wildman–Crippen MR) is 101 cm³/mol. The molecule has 0 saturated heterocycles. The van der Waals surface area contributed by atoms with Crippen LogP contribution < -0.4 is 10.1 Å². The van der Waals surface area contributed by atoms with Crippen LogP contribution >= 0.6 is 0 Å². The maximum atomic E-state index is 12.1. The number of carbonyl (C=O) groups is 1. The topological polar surface area (TPSA) is 90.1 Å². The molecule has 3 aromatic rings. The molecule has 7 heteroatoms. The van der Waals surface area contributed by atoms with Crippen molar-refractivity contribution in [1.82, 2.24) is 15.1 Å².